The van der Waals surface area contributed by atoms with Crippen molar-refractivity contribution >= 4 is 11.6 Å². The van der Waals surface area contributed by atoms with Gasteiger partial charge in [-0.25, -0.2) is 0 Å². The maximum atomic E-state index is 12.3. The number of nitrogens with one attached hydrogen (secondary N) is 1. The summed E-state index contributed by atoms with van der Waals surface area (Å²) in [6.45, 7) is 9.70. The van der Waals surface area contributed by atoms with Gasteiger partial charge >= 0.3 is 0 Å². The first kappa shape index (κ1) is 13.4. The highest BCUT2D eigenvalue weighted by molar-refractivity contribution is 6.05. The minimum Gasteiger partial charge on any atom is -0.466 e. The number of amides is 1. The molecule has 19 heavy (non-hydrogen) atoms. The van der Waals surface area contributed by atoms with E-state index in [0.29, 0.717) is 11.3 Å². The Morgan fingerprint density at radius 3 is 2.05 bits per heavy atom. The van der Waals surface area contributed by atoms with E-state index < -0.39 is 0 Å². The third-order valence-corrected chi connectivity index (χ3v) is 3.20. The van der Waals surface area contributed by atoms with E-state index in [9.17, 15) is 4.79 Å². The molecule has 1 aromatic heterocycles. The van der Waals surface area contributed by atoms with Crippen LogP contribution in [0.15, 0.2) is 22.6 Å². The molecule has 3 heteroatoms. The molecule has 0 fully saturated rings. The van der Waals surface area contributed by atoms with Crippen LogP contribution in [0.1, 0.15) is 38.6 Å². The van der Waals surface area contributed by atoms with Crippen LogP contribution < -0.4 is 5.32 Å². The van der Waals surface area contributed by atoms with Crippen molar-refractivity contribution in [2.75, 3.05) is 5.32 Å². The molecule has 0 atom stereocenters. The molecule has 100 valence electrons. The molecule has 1 aromatic carbocycles. The molecule has 2 rings (SSSR count). The molecule has 0 unspecified atom stereocenters. The van der Waals surface area contributed by atoms with Crippen LogP contribution in [0.2, 0.25) is 0 Å². The molecule has 0 spiro atoms. The van der Waals surface area contributed by atoms with Crippen molar-refractivity contribution in [3.05, 3.63) is 52.0 Å². The zero-order valence-corrected chi connectivity index (χ0v) is 12.0. The second kappa shape index (κ2) is 4.92. The Balaban J connectivity index is 2.32. The number of hydrogen-bond acceptors (Lipinski definition) is 2. The summed E-state index contributed by atoms with van der Waals surface area (Å²) in [5.41, 5.74) is 4.82. The van der Waals surface area contributed by atoms with Crippen LogP contribution in [-0.2, 0) is 0 Å². The van der Waals surface area contributed by atoms with Gasteiger partial charge in [0.05, 0.1) is 5.56 Å². The normalized spacial score (nSPS) is 10.6. The van der Waals surface area contributed by atoms with Gasteiger partial charge in [-0.2, -0.15) is 0 Å². The molecule has 0 saturated carbocycles. The first-order valence-electron chi connectivity index (χ1n) is 6.34. The van der Waals surface area contributed by atoms with Crippen LogP contribution in [0.3, 0.4) is 0 Å². The number of anilines is 1. The summed E-state index contributed by atoms with van der Waals surface area (Å²) >= 11 is 0. The van der Waals surface area contributed by atoms with E-state index in [1.54, 1.807) is 13.0 Å². The predicted molar refractivity (Wildman–Crippen MR) is 76.8 cm³/mol. The minimum absolute atomic E-state index is 0.121. The number of rotatable bonds is 2. The van der Waals surface area contributed by atoms with E-state index >= 15 is 0 Å². The van der Waals surface area contributed by atoms with Gasteiger partial charge in [0.1, 0.15) is 11.5 Å². The number of hydrogen-bond donors (Lipinski definition) is 1. The summed E-state index contributed by atoms with van der Waals surface area (Å²) in [6, 6.07) is 5.90. The lowest BCUT2D eigenvalue weighted by Crippen LogP contribution is -2.14. The maximum Gasteiger partial charge on any atom is 0.259 e. The van der Waals surface area contributed by atoms with Crippen molar-refractivity contribution in [1.29, 1.82) is 0 Å². The molecule has 1 amide bonds. The Morgan fingerprint density at radius 2 is 1.58 bits per heavy atom. The minimum atomic E-state index is -0.121. The fourth-order valence-electron chi connectivity index (χ4n) is 2.41. The molecular formula is C16H19NO2. The Morgan fingerprint density at radius 1 is 1.00 bits per heavy atom. The van der Waals surface area contributed by atoms with Gasteiger partial charge in [0, 0.05) is 5.69 Å². The second-order valence-corrected chi connectivity index (χ2v) is 5.05. The average Bonchev–Trinajstić information content (AvgIpc) is 2.62. The fourth-order valence-corrected chi connectivity index (χ4v) is 2.41. The van der Waals surface area contributed by atoms with E-state index in [0.717, 1.165) is 22.6 Å². The maximum absolute atomic E-state index is 12.3. The highest BCUT2D eigenvalue weighted by Gasteiger charge is 2.15. The number of benzene rings is 1. The molecule has 0 saturated heterocycles. The van der Waals surface area contributed by atoms with Crippen LogP contribution >= 0.6 is 0 Å². The Labute approximate surface area is 113 Å². The Bertz CT molecular complexity index is 615. The summed E-state index contributed by atoms with van der Waals surface area (Å²) < 4.78 is 5.39. The number of carbonyl (C=O) groups is 1. The van der Waals surface area contributed by atoms with Crippen molar-refractivity contribution < 1.29 is 9.21 Å². The predicted octanol–water partition coefficient (Wildman–Crippen LogP) is 4.07. The quantitative estimate of drug-likeness (QED) is 0.881. The van der Waals surface area contributed by atoms with E-state index in [1.165, 1.54) is 5.56 Å². The molecule has 0 aliphatic rings. The standard InChI is InChI=1S/C16H19NO2/c1-9-6-10(2)15(11(3)7-9)17-16(18)14-8-12(4)19-13(14)5/h6-8H,1-5H3,(H,17,18). The Hall–Kier alpha value is -2.03. The SMILES string of the molecule is Cc1cc(C)c(NC(=O)c2cc(C)oc2C)c(C)c1. The highest BCUT2D eigenvalue weighted by Crippen LogP contribution is 2.23. The molecule has 3 nitrogen and oxygen atoms in total. The van der Waals surface area contributed by atoms with Crippen molar-refractivity contribution in [2.45, 2.75) is 34.6 Å². The van der Waals surface area contributed by atoms with E-state index in [1.807, 2.05) is 20.8 Å². The first-order chi connectivity index (χ1) is 8.88. The summed E-state index contributed by atoms with van der Waals surface area (Å²) in [5, 5.41) is 2.98. The molecule has 1 N–H and O–H groups in total. The first-order valence-corrected chi connectivity index (χ1v) is 6.34. The van der Waals surface area contributed by atoms with Gasteiger partial charge in [-0.05, 0) is 51.8 Å². The zero-order valence-electron chi connectivity index (χ0n) is 12.0. The number of aryl methyl sites for hydroxylation is 5. The zero-order chi connectivity index (χ0) is 14.2. The third kappa shape index (κ3) is 2.70. The number of furan rings is 1. The van der Waals surface area contributed by atoms with Gasteiger partial charge in [0.2, 0.25) is 0 Å². The van der Waals surface area contributed by atoms with Gasteiger partial charge in [0.15, 0.2) is 0 Å². The second-order valence-electron chi connectivity index (χ2n) is 5.05. The molecule has 0 bridgehead atoms. The van der Waals surface area contributed by atoms with Crippen LogP contribution in [0, 0.1) is 34.6 Å². The molecule has 2 aromatic rings. The smallest absolute Gasteiger partial charge is 0.259 e. The number of carbonyl (C=O) groups excluding carboxylic acids is 1. The third-order valence-electron chi connectivity index (χ3n) is 3.20. The highest BCUT2D eigenvalue weighted by atomic mass is 16.3. The summed E-state index contributed by atoms with van der Waals surface area (Å²) in [7, 11) is 0. The van der Waals surface area contributed by atoms with Gasteiger partial charge < -0.3 is 9.73 Å². The van der Waals surface area contributed by atoms with Crippen molar-refractivity contribution in [3.63, 3.8) is 0 Å². The molecular weight excluding hydrogens is 238 g/mol. The molecule has 0 radical (unpaired) electrons. The van der Waals surface area contributed by atoms with Crippen molar-refractivity contribution in [2.24, 2.45) is 0 Å². The molecule has 1 heterocycles. The topological polar surface area (TPSA) is 42.2 Å². The van der Waals surface area contributed by atoms with Crippen LogP contribution in [0.4, 0.5) is 5.69 Å². The van der Waals surface area contributed by atoms with E-state index in [2.05, 4.69) is 24.4 Å². The van der Waals surface area contributed by atoms with Crippen LogP contribution in [0.25, 0.3) is 0 Å². The van der Waals surface area contributed by atoms with Crippen LogP contribution in [-0.4, -0.2) is 5.91 Å². The summed E-state index contributed by atoms with van der Waals surface area (Å²) in [6.07, 6.45) is 0. The molecule has 0 aliphatic carbocycles. The fraction of sp³-hybridized carbons (Fsp3) is 0.312. The monoisotopic (exact) mass is 257 g/mol. The average molecular weight is 257 g/mol. The van der Waals surface area contributed by atoms with Crippen molar-refractivity contribution in [3.8, 4) is 0 Å². The Kier molecular flexibility index (Phi) is 3.47. The van der Waals surface area contributed by atoms with Gasteiger partial charge in [-0.15, -0.1) is 0 Å². The lowest BCUT2D eigenvalue weighted by atomic mass is 10.0. The van der Waals surface area contributed by atoms with E-state index in [4.69, 9.17) is 4.42 Å². The van der Waals surface area contributed by atoms with Gasteiger partial charge in [-0.3, -0.25) is 4.79 Å². The van der Waals surface area contributed by atoms with Crippen molar-refractivity contribution in [1.82, 2.24) is 0 Å². The molecule has 0 aliphatic heterocycles. The van der Waals surface area contributed by atoms with Gasteiger partial charge in [-0.1, -0.05) is 17.7 Å². The summed E-state index contributed by atoms with van der Waals surface area (Å²) in [4.78, 5) is 12.3. The largest absolute Gasteiger partial charge is 0.466 e. The lowest BCUT2D eigenvalue weighted by Gasteiger charge is -2.12. The summed E-state index contributed by atoms with van der Waals surface area (Å²) in [5.74, 6) is 1.28. The van der Waals surface area contributed by atoms with Crippen LogP contribution in [0.5, 0.6) is 0 Å². The van der Waals surface area contributed by atoms with Gasteiger partial charge in [0.25, 0.3) is 5.91 Å². The lowest BCUT2D eigenvalue weighted by molar-refractivity contribution is 0.102. The van der Waals surface area contributed by atoms with E-state index in [-0.39, 0.29) is 5.91 Å².